The summed E-state index contributed by atoms with van der Waals surface area (Å²) in [5, 5.41) is 3.51. The van der Waals surface area contributed by atoms with Crippen molar-refractivity contribution in [3.8, 4) is 0 Å². The molecule has 0 saturated carbocycles. The molecule has 1 fully saturated rings. The molecular formula is C15H33N3O. The van der Waals surface area contributed by atoms with E-state index in [2.05, 4.69) is 42.8 Å². The Balaban J connectivity index is 1.95. The summed E-state index contributed by atoms with van der Waals surface area (Å²) in [7, 11) is 0. The quantitative estimate of drug-likeness (QED) is 0.642. The number of likely N-dealkylation sites (N-methyl/N-ethyl adjacent to an activating group) is 1. The van der Waals surface area contributed by atoms with E-state index in [4.69, 9.17) is 4.74 Å². The molecule has 1 saturated heterocycles. The summed E-state index contributed by atoms with van der Waals surface area (Å²) >= 11 is 0. The molecule has 0 bridgehead atoms. The molecule has 0 aromatic carbocycles. The summed E-state index contributed by atoms with van der Waals surface area (Å²) < 4.78 is 5.52. The van der Waals surface area contributed by atoms with Gasteiger partial charge in [0.25, 0.3) is 0 Å². The number of rotatable bonds is 9. The van der Waals surface area contributed by atoms with Gasteiger partial charge in [-0.3, -0.25) is 9.80 Å². The maximum Gasteiger partial charge on any atom is 0.0518 e. The van der Waals surface area contributed by atoms with Crippen molar-refractivity contribution in [3.05, 3.63) is 0 Å². The molecule has 0 aromatic heterocycles. The minimum Gasteiger partial charge on any atom is -0.379 e. The largest absolute Gasteiger partial charge is 0.379 e. The van der Waals surface area contributed by atoms with E-state index < -0.39 is 0 Å². The van der Waals surface area contributed by atoms with Gasteiger partial charge in [0.15, 0.2) is 0 Å². The second-order valence-electron chi connectivity index (χ2n) is 5.80. The van der Waals surface area contributed by atoms with E-state index in [1.807, 2.05) is 0 Å². The van der Waals surface area contributed by atoms with Crippen LogP contribution < -0.4 is 5.32 Å². The summed E-state index contributed by atoms with van der Waals surface area (Å²) in [5.74, 6) is 0. The van der Waals surface area contributed by atoms with Crippen molar-refractivity contribution >= 4 is 0 Å². The monoisotopic (exact) mass is 271 g/mol. The predicted molar refractivity (Wildman–Crippen MR) is 81.7 cm³/mol. The predicted octanol–water partition coefficient (Wildman–Crippen LogP) is 1.42. The maximum absolute atomic E-state index is 5.52. The van der Waals surface area contributed by atoms with Crippen LogP contribution in [0.5, 0.6) is 0 Å². The van der Waals surface area contributed by atoms with Crippen LogP contribution >= 0.6 is 0 Å². The Morgan fingerprint density at radius 1 is 1.26 bits per heavy atom. The Kier molecular flexibility index (Phi) is 8.62. The fourth-order valence-electron chi connectivity index (χ4n) is 2.62. The second-order valence-corrected chi connectivity index (χ2v) is 5.80. The van der Waals surface area contributed by atoms with E-state index in [0.717, 1.165) is 26.1 Å². The van der Waals surface area contributed by atoms with Crippen molar-refractivity contribution < 1.29 is 4.74 Å². The average molecular weight is 271 g/mol. The summed E-state index contributed by atoms with van der Waals surface area (Å²) in [6.07, 6.45) is 1.47. The van der Waals surface area contributed by atoms with Crippen molar-refractivity contribution in [2.45, 2.75) is 46.3 Å². The minimum absolute atomic E-state index is 0.358. The summed E-state index contributed by atoms with van der Waals surface area (Å²) in [6.45, 7) is 17.8. The highest BCUT2D eigenvalue weighted by atomic mass is 16.5. The van der Waals surface area contributed by atoms with Gasteiger partial charge >= 0.3 is 0 Å². The third-order valence-electron chi connectivity index (χ3n) is 3.81. The van der Waals surface area contributed by atoms with E-state index in [-0.39, 0.29) is 0 Å². The van der Waals surface area contributed by atoms with E-state index >= 15 is 0 Å². The van der Waals surface area contributed by atoms with Gasteiger partial charge in [0.05, 0.1) is 6.10 Å². The lowest BCUT2D eigenvalue weighted by atomic mass is 10.2. The van der Waals surface area contributed by atoms with Crippen molar-refractivity contribution in [1.29, 1.82) is 0 Å². The molecular weight excluding hydrogens is 238 g/mol. The molecule has 0 spiro atoms. The Morgan fingerprint density at radius 2 is 2.05 bits per heavy atom. The third kappa shape index (κ3) is 7.25. The van der Waals surface area contributed by atoms with Crippen molar-refractivity contribution in [1.82, 2.24) is 15.1 Å². The molecule has 1 unspecified atom stereocenters. The Morgan fingerprint density at radius 3 is 2.68 bits per heavy atom. The third-order valence-corrected chi connectivity index (χ3v) is 3.81. The van der Waals surface area contributed by atoms with Gasteiger partial charge in [-0.25, -0.2) is 0 Å². The van der Waals surface area contributed by atoms with Gasteiger partial charge in [0.2, 0.25) is 0 Å². The number of piperazine rings is 1. The van der Waals surface area contributed by atoms with Crippen LogP contribution in [0.3, 0.4) is 0 Å². The molecule has 1 rings (SSSR count). The van der Waals surface area contributed by atoms with E-state index in [1.54, 1.807) is 0 Å². The van der Waals surface area contributed by atoms with Crippen LogP contribution in [-0.2, 0) is 4.74 Å². The lowest BCUT2D eigenvalue weighted by Gasteiger charge is -2.39. The summed E-state index contributed by atoms with van der Waals surface area (Å²) in [6, 6.07) is 0.707. The smallest absolute Gasteiger partial charge is 0.0518 e. The average Bonchev–Trinajstić information content (AvgIpc) is 2.37. The van der Waals surface area contributed by atoms with Gasteiger partial charge < -0.3 is 10.1 Å². The molecule has 0 aliphatic carbocycles. The van der Waals surface area contributed by atoms with Crippen LogP contribution in [0.1, 0.15) is 34.1 Å². The number of hydrogen-bond donors (Lipinski definition) is 1. The van der Waals surface area contributed by atoms with Crippen LogP contribution in [0.25, 0.3) is 0 Å². The summed E-state index contributed by atoms with van der Waals surface area (Å²) in [4.78, 5) is 5.14. The molecule has 4 nitrogen and oxygen atoms in total. The van der Waals surface area contributed by atoms with Gasteiger partial charge in [-0.15, -0.1) is 0 Å². The maximum atomic E-state index is 5.52. The zero-order valence-corrected chi connectivity index (χ0v) is 13.3. The highest BCUT2D eigenvalue weighted by molar-refractivity contribution is 4.78. The van der Waals surface area contributed by atoms with Crippen molar-refractivity contribution in [3.63, 3.8) is 0 Å². The molecule has 4 heteroatoms. The van der Waals surface area contributed by atoms with E-state index in [1.165, 1.54) is 32.7 Å². The van der Waals surface area contributed by atoms with Crippen LogP contribution in [0.2, 0.25) is 0 Å². The van der Waals surface area contributed by atoms with Crippen LogP contribution in [0.15, 0.2) is 0 Å². The number of ether oxygens (including phenoxy) is 1. The molecule has 1 heterocycles. The fourth-order valence-corrected chi connectivity index (χ4v) is 2.62. The number of hydrogen-bond acceptors (Lipinski definition) is 4. The fraction of sp³-hybridized carbons (Fsp3) is 1.00. The Bertz CT molecular complexity index is 223. The molecule has 0 amide bonds. The van der Waals surface area contributed by atoms with Crippen LogP contribution in [0, 0.1) is 0 Å². The van der Waals surface area contributed by atoms with E-state index in [9.17, 15) is 0 Å². The van der Waals surface area contributed by atoms with Crippen molar-refractivity contribution in [2.75, 3.05) is 52.4 Å². The van der Waals surface area contributed by atoms with Gasteiger partial charge in [0.1, 0.15) is 0 Å². The van der Waals surface area contributed by atoms with Gasteiger partial charge in [-0.05, 0) is 40.3 Å². The molecule has 1 aliphatic rings. The standard InChI is InChI=1S/C15H33N3O/c1-5-18-11-10-17(13-15(18)4)9-8-16-7-6-12-19-14(2)3/h14-16H,5-13H2,1-4H3. The first-order chi connectivity index (χ1) is 9.13. The Hall–Kier alpha value is -0.160. The molecule has 0 aromatic rings. The van der Waals surface area contributed by atoms with Gasteiger partial charge in [0, 0.05) is 45.4 Å². The van der Waals surface area contributed by atoms with Crippen LogP contribution in [0.4, 0.5) is 0 Å². The highest BCUT2D eigenvalue weighted by Gasteiger charge is 2.21. The molecule has 1 atom stereocenters. The Labute approximate surface area is 119 Å². The molecule has 1 N–H and O–H groups in total. The first kappa shape index (κ1) is 16.9. The number of nitrogens with zero attached hydrogens (tertiary/aromatic N) is 2. The van der Waals surface area contributed by atoms with Gasteiger partial charge in [-0.1, -0.05) is 6.92 Å². The van der Waals surface area contributed by atoms with E-state index in [0.29, 0.717) is 12.1 Å². The highest BCUT2D eigenvalue weighted by Crippen LogP contribution is 2.07. The molecule has 0 radical (unpaired) electrons. The lowest BCUT2D eigenvalue weighted by molar-refractivity contribution is 0.0760. The van der Waals surface area contributed by atoms with Gasteiger partial charge in [-0.2, -0.15) is 0 Å². The summed E-state index contributed by atoms with van der Waals surface area (Å²) in [5.41, 5.74) is 0. The zero-order chi connectivity index (χ0) is 14.1. The second kappa shape index (κ2) is 9.70. The lowest BCUT2D eigenvalue weighted by Crippen LogP contribution is -2.52. The van der Waals surface area contributed by atoms with Crippen LogP contribution in [-0.4, -0.2) is 74.4 Å². The molecule has 114 valence electrons. The van der Waals surface area contributed by atoms with Crippen molar-refractivity contribution in [2.24, 2.45) is 0 Å². The normalized spacial score (nSPS) is 22.3. The number of nitrogens with one attached hydrogen (secondary N) is 1. The zero-order valence-electron chi connectivity index (χ0n) is 13.3. The molecule has 1 aliphatic heterocycles. The first-order valence-electron chi connectivity index (χ1n) is 7.92. The molecule has 19 heavy (non-hydrogen) atoms. The topological polar surface area (TPSA) is 27.7 Å². The minimum atomic E-state index is 0.358. The SMILES string of the molecule is CCN1CCN(CCNCCCOC(C)C)CC1C. The first-order valence-corrected chi connectivity index (χ1v) is 7.92.